The molecule has 0 aromatic heterocycles. The normalized spacial score (nSPS) is 12.6. The number of alkyl halides is 6. The molecule has 0 aliphatic carbocycles. The number of hydrogen-bond acceptors (Lipinski definition) is 5. The summed E-state index contributed by atoms with van der Waals surface area (Å²) < 4.78 is 87.6. The van der Waals surface area contributed by atoms with Gasteiger partial charge in [-0.2, -0.15) is 26.3 Å². The minimum absolute atomic E-state index is 0.643. The van der Waals surface area contributed by atoms with Gasteiger partial charge in [0.15, 0.2) is 6.04 Å². The summed E-state index contributed by atoms with van der Waals surface area (Å²) in [4.78, 5) is 36.4. The third kappa shape index (κ3) is 5.99. The van der Waals surface area contributed by atoms with Gasteiger partial charge in [0, 0.05) is 0 Å². The lowest BCUT2D eigenvalue weighted by atomic mass is 10.1. The topological polar surface area (TPSA) is 81.7 Å². The largest absolute Gasteiger partial charge is 0.467 e. The number of hydrogen-bond donors (Lipinski definition) is 1. The lowest BCUT2D eigenvalue weighted by Gasteiger charge is -2.19. The molecule has 32 heavy (non-hydrogen) atoms. The monoisotopic (exact) mass is 463 g/mol. The summed E-state index contributed by atoms with van der Waals surface area (Å²) >= 11 is 0. The zero-order valence-electron chi connectivity index (χ0n) is 16.2. The van der Waals surface area contributed by atoms with Gasteiger partial charge >= 0.3 is 24.3 Å². The van der Waals surface area contributed by atoms with Gasteiger partial charge in [-0.1, -0.05) is 24.3 Å². The van der Waals surface area contributed by atoms with Gasteiger partial charge in [-0.15, -0.1) is 0 Å². The first-order valence-corrected chi connectivity index (χ1v) is 8.74. The van der Waals surface area contributed by atoms with Gasteiger partial charge in [-0.3, -0.25) is 4.79 Å². The highest BCUT2D eigenvalue weighted by Gasteiger charge is 2.37. The Balaban J connectivity index is 2.21. The minimum atomic E-state index is -4.87. The van der Waals surface area contributed by atoms with E-state index < -0.39 is 65.1 Å². The summed E-state index contributed by atoms with van der Waals surface area (Å²) in [5, 5.41) is 1.94. The van der Waals surface area contributed by atoms with Gasteiger partial charge < -0.3 is 14.8 Å². The van der Waals surface area contributed by atoms with Crippen LogP contribution in [0.4, 0.5) is 26.3 Å². The Morgan fingerprint density at radius 2 is 1.31 bits per heavy atom. The number of rotatable bonds is 6. The molecule has 0 spiro atoms. The van der Waals surface area contributed by atoms with E-state index in [1.165, 1.54) is 0 Å². The van der Waals surface area contributed by atoms with Crippen molar-refractivity contribution in [1.82, 2.24) is 5.32 Å². The zero-order valence-corrected chi connectivity index (χ0v) is 16.2. The van der Waals surface area contributed by atoms with Crippen molar-refractivity contribution in [2.45, 2.75) is 18.4 Å². The molecule has 0 radical (unpaired) electrons. The summed E-state index contributed by atoms with van der Waals surface area (Å²) in [7, 11) is 0.895. The van der Waals surface area contributed by atoms with Crippen LogP contribution in [0.3, 0.4) is 0 Å². The van der Waals surface area contributed by atoms with Gasteiger partial charge in [0.1, 0.15) is 6.61 Å². The summed E-state index contributed by atoms with van der Waals surface area (Å²) in [6, 6.07) is 5.63. The van der Waals surface area contributed by atoms with Crippen LogP contribution in [0.15, 0.2) is 48.5 Å². The smallest absolute Gasteiger partial charge is 0.417 e. The third-order valence-corrected chi connectivity index (χ3v) is 4.10. The molecule has 0 saturated carbocycles. The molecule has 0 aliphatic heterocycles. The Kier molecular flexibility index (Phi) is 7.49. The van der Waals surface area contributed by atoms with E-state index in [1.807, 2.05) is 5.32 Å². The molecule has 2 aromatic rings. The highest BCUT2D eigenvalue weighted by atomic mass is 19.4. The van der Waals surface area contributed by atoms with Crippen molar-refractivity contribution in [2.75, 3.05) is 13.7 Å². The molecule has 172 valence electrons. The quantitative estimate of drug-likeness (QED) is 0.520. The molecule has 1 N–H and O–H groups in total. The molecule has 1 unspecified atom stereocenters. The molecule has 1 atom stereocenters. The summed E-state index contributed by atoms with van der Waals surface area (Å²) in [6.45, 7) is -0.988. The molecule has 0 fully saturated rings. The van der Waals surface area contributed by atoms with Crippen molar-refractivity contribution < 1.29 is 50.2 Å². The lowest BCUT2D eigenvalue weighted by molar-refractivity contribution is -0.144. The molecule has 2 aromatic carbocycles. The van der Waals surface area contributed by atoms with Crippen LogP contribution in [-0.2, 0) is 26.6 Å². The van der Waals surface area contributed by atoms with E-state index in [9.17, 15) is 40.7 Å². The fourth-order valence-electron chi connectivity index (χ4n) is 2.62. The molecule has 0 bridgehead atoms. The standard InChI is InChI=1S/C20H15F6NO5/c1-31-18(30)15(27-16(28)11-6-2-4-8-13(11)19(21,22)23)10-32-17(29)12-7-3-5-9-14(12)20(24,25)26/h2-9,15H,10H2,1H3,(H,27,28). The molecule has 12 heteroatoms. The second kappa shape index (κ2) is 9.71. The Hall–Kier alpha value is -3.57. The number of carbonyl (C=O) groups is 3. The van der Waals surface area contributed by atoms with Crippen LogP contribution in [-0.4, -0.2) is 37.6 Å². The van der Waals surface area contributed by atoms with Gasteiger partial charge in [0.05, 0.1) is 29.4 Å². The minimum Gasteiger partial charge on any atom is -0.467 e. The first kappa shape index (κ1) is 24.7. The van der Waals surface area contributed by atoms with E-state index in [1.54, 1.807) is 0 Å². The van der Waals surface area contributed by atoms with Crippen LogP contribution in [0.5, 0.6) is 0 Å². The molecular formula is C20H15F6NO5. The van der Waals surface area contributed by atoms with Crippen LogP contribution < -0.4 is 5.32 Å². The average molecular weight is 463 g/mol. The van der Waals surface area contributed by atoms with Crippen molar-refractivity contribution in [1.29, 1.82) is 0 Å². The van der Waals surface area contributed by atoms with Crippen LogP contribution in [0.2, 0.25) is 0 Å². The van der Waals surface area contributed by atoms with Gasteiger partial charge in [0.2, 0.25) is 0 Å². The number of nitrogens with one attached hydrogen (secondary N) is 1. The predicted octanol–water partition coefficient (Wildman–Crippen LogP) is 3.85. The molecule has 6 nitrogen and oxygen atoms in total. The van der Waals surface area contributed by atoms with Gasteiger partial charge in [-0.05, 0) is 24.3 Å². The van der Waals surface area contributed by atoms with Crippen LogP contribution in [0.25, 0.3) is 0 Å². The lowest BCUT2D eigenvalue weighted by Crippen LogP contribution is -2.45. The van der Waals surface area contributed by atoms with E-state index in [4.69, 9.17) is 4.74 Å². The maximum absolute atomic E-state index is 13.1. The van der Waals surface area contributed by atoms with Gasteiger partial charge in [0.25, 0.3) is 5.91 Å². The molecule has 0 aliphatic rings. The number of carbonyl (C=O) groups excluding carboxylic acids is 3. The number of esters is 2. The van der Waals surface area contributed by atoms with Crippen LogP contribution in [0, 0.1) is 0 Å². The fourth-order valence-corrected chi connectivity index (χ4v) is 2.62. The Morgan fingerprint density at radius 3 is 1.81 bits per heavy atom. The van der Waals surface area contributed by atoms with E-state index in [0.717, 1.165) is 43.5 Å². The highest BCUT2D eigenvalue weighted by Crippen LogP contribution is 2.33. The molecule has 2 rings (SSSR count). The van der Waals surface area contributed by atoms with Crippen molar-refractivity contribution in [3.63, 3.8) is 0 Å². The van der Waals surface area contributed by atoms with Crippen LogP contribution >= 0.6 is 0 Å². The van der Waals surface area contributed by atoms with Crippen molar-refractivity contribution in [2.24, 2.45) is 0 Å². The van der Waals surface area contributed by atoms with E-state index in [2.05, 4.69) is 4.74 Å². The number of halogens is 6. The van der Waals surface area contributed by atoms with E-state index in [0.29, 0.717) is 12.1 Å². The molecular weight excluding hydrogens is 448 g/mol. The average Bonchev–Trinajstić information content (AvgIpc) is 2.74. The maximum Gasteiger partial charge on any atom is 0.417 e. The van der Waals surface area contributed by atoms with Gasteiger partial charge in [-0.25, -0.2) is 9.59 Å². The number of ether oxygens (including phenoxy) is 2. The van der Waals surface area contributed by atoms with Crippen molar-refractivity contribution in [3.8, 4) is 0 Å². The van der Waals surface area contributed by atoms with Crippen molar-refractivity contribution in [3.05, 3.63) is 70.8 Å². The Morgan fingerprint density at radius 1 is 0.844 bits per heavy atom. The van der Waals surface area contributed by atoms with E-state index >= 15 is 0 Å². The second-order valence-electron chi connectivity index (χ2n) is 6.23. The predicted molar refractivity (Wildman–Crippen MR) is 96.4 cm³/mol. The fraction of sp³-hybridized carbons (Fsp3) is 0.250. The number of amides is 1. The van der Waals surface area contributed by atoms with Crippen molar-refractivity contribution >= 4 is 17.8 Å². The SMILES string of the molecule is COC(=O)C(COC(=O)c1ccccc1C(F)(F)F)NC(=O)c1ccccc1C(F)(F)F. The zero-order chi connectivity index (χ0) is 24.1. The summed E-state index contributed by atoms with van der Waals surface area (Å²) in [6.07, 6.45) is -9.74. The second-order valence-corrected chi connectivity index (χ2v) is 6.23. The Bertz CT molecular complexity index is 1000. The number of methoxy groups -OCH3 is 1. The van der Waals surface area contributed by atoms with E-state index in [-0.39, 0.29) is 0 Å². The summed E-state index contributed by atoms with van der Waals surface area (Å²) in [5.41, 5.74) is -4.24. The first-order chi connectivity index (χ1) is 14.9. The van der Waals surface area contributed by atoms with Crippen LogP contribution in [0.1, 0.15) is 31.8 Å². The molecule has 0 saturated heterocycles. The Labute approximate surface area is 177 Å². The number of benzene rings is 2. The third-order valence-electron chi connectivity index (χ3n) is 4.10. The first-order valence-electron chi connectivity index (χ1n) is 8.74. The highest BCUT2D eigenvalue weighted by molar-refractivity contribution is 5.98. The molecule has 0 heterocycles. The molecule has 1 amide bonds. The summed E-state index contributed by atoms with van der Waals surface area (Å²) in [5.74, 6) is -3.99. The maximum atomic E-state index is 13.1.